The van der Waals surface area contributed by atoms with Crippen LogP contribution >= 0.6 is 0 Å². The third kappa shape index (κ3) is 3.19. The summed E-state index contributed by atoms with van der Waals surface area (Å²) in [4.78, 5) is 53.3. The highest BCUT2D eigenvalue weighted by Gasteiger charge is 2.70. The van der Waals surface area contributed by atoms with Crippen LogP contribution in [0.3, 0.4) is 0 Å². The Morgan fingerprint density at radius 3 is 2.46 bits per heavy atom. The number of non-ortho nitro benzene ring substituents is 1. The number of aryl methyl sites for hydroxylation is 1. The van der Waals surface area contributed by atoms with Crippen molar-refractivity contribution in [1.29, 1.82) is 0 Å². The summed E-state index contributed by atoms with van der Waals surface area (Å²) >= 11 is 0. The summed E-state index contributed by atoms with van der Waals surface area (Å²) in [6, 6.07) is 17.1. The maximum absolute atomic E-state index is 14.0. The van der Waals surface area contributed by atoms with Crippen molar-refractivity contribution in [2.45, 2.75) is 24.9 Å². The van der Waals surface area contributed by atoms with Crippen molar-refractivity contribution < 1.29 is 24.4 Å². The van der Waals surface area contributed by atoms with Gasteiger partial charge in [-0.25, -0.2) is 4.90 Å². The lowest BCUT2D eigenvalue weighted by Gasteiger charge is -2.30. The van der Waals surface area contributed by atoms with Gasteiger partial charge in [0.1, 0.15) is 11.3 Å². The third-order valence-electron chi connectivity index (χ3n) is 7.65. The molecule has 3 aromatic rings. The van der Waals surface area contributed by atoms with Crippen LogP contribution in [0, 0.1) is 28.9 Å². The average molecular weight is 498 g/mol. The summed E-state index contributed by atoms with van der Waals surface area (Å²) < 4.78 is 0. The highest BCUT2D eigenvalue weighted by molar-refractivity contribution is 6.26. The molecular weight excluding hydrogens is 476 g/mol. The van der Waals surface area contributed by atoms with Gasteiger partial charge in [-0.2, -0.15) is 0 Å². The second-order valence-electron chi connectivity index (χ2n) is 9.67. The largest absolute Gasteiger partial charge is 0.508 e. The first-order chi connectivity index (χ1) is 17.7. The molecule has 10 heteroatoms. The molecule has 3 aliphatic rings. The molecule has 6 rings (SSSR count). The number of anilines is 2. The number of hydrogen-bond acceptors (Lipinski definition) is 7. The molecule has 2 saturated heterocycles. The molecule has 0 aromatic heterocycles. The summed E-state index contributed by atoms with van der Waals surface area (Å²) in [6.07, 6.45) is 0.338. The second-order valence-corrected chi connectivity index (χ2v) is 9.67. The SMILES string of the molecule is Cc1cc([N+](=O)[O-])ccc1N1C(=O)[C@@H]2[C@H](Cc3ccc(O)cc3)N[C@@]3(C(=O)Nc4ccccc43)[C@H]2C1=O. The van der Waals surface area contributed by atoms with E-state index in [4.69, 9.17) is 0 Å². The zero-order valence-electron chi connectivity index (χ0n) is 19.7. The van der Waals surface area contributed by atoms with Crippen molar-refractivity contribution in [3.05, 3.63) is 93.5 Å². The van der Waals surface area contributed by atoms with E-state index in [0.717, 1.165) is 10.5 Å². The minimum absolute atomic E-state index is 0.105. The van der Waals surface area contributed by atoms with Crippen LogP contribution in [-0.4, -0.2) is 33.8 Å². The molecule has 10 nitrogen and oxygen atoms in total. The lowest BCUT2D eigenvalue weighted by molar-refractivity contribution is -0.384. The Balaban J connectivity index is 1.48. The highest BCUT2D eigenvalue weighted by atomic mass is 16.6. The highest BCUT2D eigenvalue weighted by Crippen LogP contribution is 2.54. The number of fused-ring (bicyclic) bond motifs is 4. The topological polar surface area (TPSA) is 142 Å². The fraction of sp³-hybridized carbons (Fsp3) is 0.222. The molecule has 4 atom stereocenters. The lowest BCUT2D eigenvalue weighted by Crippen LogP contribution is -2.53. The Morgan fingerprint density at radius 1 is 1.03 bits per heavy atom. The number of carbonyl (C=O) groups excluding carboxylic acids is 3. The number of nitrogens with zero attached hydrogens (tertiary/aromatic N) is 2. The quantitative estimate of drug-likeness (QED) is 0.285. The minimum atomic E-state index is -1.45. The van der Waals surface area contributed by atoms with Gasteiger partial charge < -0.3 is 10.4 Å². The molecule has 2 fully saturated rings. The molecule has 3 aliphatic heterocycles. The lowest BCUT2D eigenvalue weighted by atomic mass is 9.76. The molecule has 186 valence electrons. The number of imide groups is 1. The number of phenolic OH excluding ortho intramolecular Hbond substituents is 1. The zero-order valence-corrected chi connectivity index (χ0v) is 19.7. The molecular formula is C27H22N4O6. The fourth-order valence-corrected chi connectivity index (χ4v) is 6.06. The molecule has 0 bridgehead atoms. The number of nitrogens with one attached hydrogen (secondary N) is 2. The van der Waals surface area contributed by atoms with Crippen LogP contribution in [0.25, 0.3) is 0 Å². The first-order valence-corrected chi connectivity index (χ1v) is 11.8. The van der Waals surface area contributed by atoms with E-state index in [0.29, 0.717) is 23.2 Å². The van der Waals surface area contributed by atoms with Crippen LogP contribution in [0.2, 0.25) is 0 Å². The molecule has 37 heavy (non-hydrogen) atoms. The number of carbonyl (C=O) groups is 3. The van der Waals surface area contributed by atoms with Crippen LogP contribution in [0.15, 0.2) is 66.7 Å². The van der Waals surface area contributed by atoms with Crippen molar-refractivity contribution in [3.8, 4) is 5.75 Å². The van der Waals surface area contributed by atoms with Gasteiger partial charge in [0.25, 0.3) is 5.69 Å². The molecule has 3 heterocycles. The number of phenols is 1. The van der Waals surface area contributed by atoms with E-state index in [1.54, 1.807) is 55.5 Å². The van der Waals surface area contributed by atoms with E-state index in [1.165, 1.54) is 18.2 Å². The molecule has 0 unspecified atom stereocenters. The van der Waals surface area contributed by atoms with Gasteiger partial charge in [0, 0.05) is 29.4 Å². The molecule has 3 N–H and O–H groups in total. The predicted molar refractivity (Wildman–Crippen MR) is 133 cm³/mol. The van der Waals surface area contributed by atoms with E-state index in [2.05, 4.69) is 10.6 Å². The van der Waals surface area contributed by atoms with Gasteiger partial charge in [0.15, 0.2) is 0 Å². The van der Waals surface area contributed by atoms with Crippen LogP contribution in [-0.2, 0) is 26.3 Å². The smallest absolute Gasteiger partial charge is 0.269 e. The van der Waals surface area contributed by atoms with E-state index in [1.807, 2.05) is 0 Å². The van der Waals surface area contributed by atoms with Crippen LogP contribution in [0.4, 0.5) is 17.1 Å². The van der Waals surface area contributed by atoms with Crippen molar-refractivity contribution in [2.24, 2.45) is 11.8 Å². The zero-order chi connectivity index (χ0) is 26.1. The Hall–Kier alpha value is -4.57. The van der Waals surface area contributed by atoms with Crippen molar-refractivity contribution in [2.75, 3.05) is 10.2 Å². The van der Waals surface area contributed by atoms with E-state index < -0.39 is 46.1 Å². The molecule has 0 aliphatic carbocycles. The number of rotatable bonds is 4. The number of nitro groups is 1. The van der Waals surface area contributed by atoms with Crippen molar-refractivity contribution in [3.63, 3.8) is 0 Å². The van der Waals surface area contributed by atoms with Gasteiger partial charge in [0.05, 0.1) is 22.4 Å². The summed E-state index contributed by atoms with van der Waals surface area (Å²) in [7, 11) is 0. The van der Waals surface area contributed by atoms with Gasteiger partial charge in [0.2, 0.25) is 17.7 Å². The van der Waals surface area contributed by atoms with E-state index in [-0.39, 0.29) is 17.1 Å². The van der Waals surface area contributed by atoms with E-state index >= 15 is 0 Å². The number of amides is 3. The molecule has 1 spiro atoms. The Bertz CT molecular complexity index is 1500. The van der Waals surface area contributed by atoms with Crippen LogP contribution < -0.4 is 15.5 Å². The predicted octanol–water partition coefficient (Wildman–Crippen LogP) is 2.78. The number of benzene rings is 3. The standard InChI is InChI=1S/C27H22N4O6/c1-14-12-16(31(36)37)8-11-21(14)30-24(33)22-20(13-15-6-9-17(32)10-7-15)29-27(23(22)25(30)34)18-4-2-3-5-19(18)28-26(27)35/h2-12,20,22-23,29,32H,13H2,1H3,(H,28,35)/t20-,22+,23+,27+/m0/s1. The first kappa shape index (κ1) is 22.9. The van der Waals surface area contributed by atoms with E-state index in [9.17, 15) is 29.6 Å². The van der Waals surface area contributed by atoms with Crippen LogP contribution in [0.5, 0.6) is 5.75 Å². The average Bonchev–Trinajstić information content (AvgIpc) is 3.45. The maximum Gasteiger partial charge on any atom is 0.269 e. The van der Waals surface area contributed by atoms with Crippen molar-refractivity contribution >= 4 is 34.8 Å². The van der Waals surface area contributed by atoms with Gasteiger partial charge in [-0.15, -0.1) is 0 Å². The summed E-state index contributed by atoms with van der Waals surface area (Å²) in [5, 5.41) is 27.1. The Labute approximate surface area is 211 Å². The van der Waals surface area contributed by atoms with Crippen LogP contribution in [0.1, 0.15) is 16.7 Å². The number of hydrogen-bond donors (Lipinski definition) is 3. The molecule has 3 amide bonds. The number of nitro benzene ring substituents is 1. The number of aromatic hydroxyl groups is 1. The van der Waals surface area contributed by atoms with Gasteiger partial charge >= 0.3 is 0 Å². The third-order valence-corrected chi connectivity index (χ3v) is 7.65. The molecule has 3 aromatic carbocycles. The minimum Gasteiger partial charge on any atom is -0.508 e. The van der Waals surface area contributed by atoms with Gasteiger partial charge in [-0.05, 0) is 48.7 Å². The fourth-order valence-electron chi connectivity index (χ4n) is 6.06. The summed E-state index contributed by atoms with van der Waals surface area (Å²) in [5.74, 6) is -3.15. The van der Waals surface area contributed by atoms with Crippen molar-refractivity contribution in [1.82, 2.24) is 5.32 Å². The second kappa shape index (κ2) is 7.97. The molecule has 0 saturated carbocycles. The summed E-state index contributed by atoms with van der Waals surface area (Å²) in [6.45, 7) is 1.61. The Morgan fingerprint density at radius 2 is 1.76 bits per heavy atom. The van der Waals surface area contributed by atoms with Gasteiger partial charge in [-0.3, -0.25) is 29.8 Å². The molecule has 0 radical (unpaired) electrons. The Kier molecular flexibility index (Phi) is 4.93. The first-order valence-electron chi connectivity index (χ1n) is 11.8. The normalized spacial score (nSPS) is 25.9. The number of para-hydroxylation sites is 1. The maximum atomic E-state index is 14.0. The van der Waals surface area contributed by atoms with Gasteiger partial charge in [-0.1, -0.05) is 30.3 Å². The monoisotopic (exact) mass is 498 g/mol. The summed E-state index contributed by atoms with van der Waals surface area (Å²) in [5.41, 5.74) is 1.08.